The minimum Gasteiger partial charge on any atom is -0.443 e. The van der Waals surface area contributed by atoms with Gasteiger partial charge in [0.05, 0.1) is 16.9 Å². The number of rotatable bonds is 2. The molecule has 0 fully saturated rings. The van der Waals surface area contributed by atoms with E-state index in [4.69, 9.17) is 32.6 Å². The fraction of sp³-hybridized carbons (Fsp3) is 0.267. The number of hydrazone groups is 1. The highest BCUT2D eigenvalue weighted by molar-refractivity contribution is 6.38. The Morgan fingerprint density at radius 1 is 1.44 bits per heavy atom. The molecule has 0 aliphatic carbocycles. The fourth-order valence-electron chi connectivity index (χ4n) is 1.91. The van der Waals surface area contributed by atoms with Crippen LogP contribution in [0.3, 0.4) is 0 Å². The van der Waals surface area contributed by atoms with E-state index in [0.29, 0.717) is 11.1 Å². The standard InChI is InChI=1S/C15H14ClN7O2/c1-15(2,3)25-14(24)23-12-10(4-8(19)7-20-12)11(16)13(23)22-21-9(5-17)6-18/h4,7,22H,19H2,1-3H3. The van der Waals surface area contributed by atoms with Crippen molar-refractivity contribution in [2.75, 3.05) is 11.2 Å². The number of aromatic nitrogens is 2. The number of hydrogen-bond acceptors (Lipinski definition) is 8. The number of nitriles is 2. The van der Waals surface area contributed by atoms with Crippen LogP contribution in [0.5, 0.6) is 0 Å². The fourth-order valence-corrected chi connectivity index (χ4v) is 2.18. The Kier molecular flexibility index (Phi) is 4.82. The normalized spacial score (nSPS) is 10.6. The number of fused-ring (bicyclic) bond motifs is 1. The van der Waals surface area contributed by atoms with E-state index >= 15 is 0 Å². The van der Waals surface area contributed by atoms with Gasteiger partial charge in [-0.05, 0) is 26.8 Å². The Morgan fingerprint density at radius 2 is 2.08 bits per heavy atom. The van der Waals surface area contributed by atoms with Crippen LogP contribution in [0.4, 0.5) is 16.3 Å². The first-order chi connectivity index (χ1) is 11.7. The lowest BCUT2D eigenvalue weighted by Gasteiger charge is -2.20. The SMILES string of the molecule is CC(C)(C)OC(=O)n1c(NN=C(C#N)C#N)c(Cl)c2cc(N)cnc21. The monoisotopic (exact) mass is 359 g/mol. The number of carbonyl (C=O) groups is 1. The van der Waals surface area contributed by atoms with Gasteiger partial charge < -0.3 is 10.5 Å². The lowest BCUT2D eigenvalue weighted by molar-refractivity contribution is 0.0547. The zero-order valence-corrected chi connectivity index (χ0v) is 14.4. The lowest BCUT2D eigenvalue weighted by Crippen LogP contribution is -2.27. The maximum absolute atomic E-state index is 12.6. The molecule has 128 valence electrons. The summed E-state index contributed by atoms with van der Waals surface area (Å²) in [5, 5.41) is 21.7. The summed E-state index contributed by atoms with van der Waals surface area (Å²) < 4.78 is 6.42. The van der Waals surface area contributed by atoms with Gasteiger partial charge in [-0.1, -0.05) is 11.6 Å². The van der Waals surface area contributed by atoms with E-state index in [1.165, 1.54) is 12.3 Å². The Labute approximate surface area is 148 Å². The Balaban J connectivity index is 2.66. The van der Waals surface area contributed by atoms with Crippen LogP contribution < -0.4 is 11.2 Å². The molecule has 0 bridgehead atoms. The third-order valence-electron chi connectivity index (χ3n) is 2.83. The molecule has 0 atom stereocenters. The van der Waals surface area contributed by atoms with Gasteiger partial charge in [0.25, 0.3) is 0 Å². The topological polar surface area (TPSA) is 142 Å². The van der Waals surface area contributed by atoms with E-state index < -0.39 is 17.4 Å². The molecule has 0 aromatic carbocycles. The van der Waals surface area contributed by atoms with Crippen LogP contribution in [0.25, 0.3) is 11.0 Å². The zero-order valence-electron chi connectivity index (χ0n) is 13.7. The summed E-state index contributed by atoms with van der Waals surface area (Å²) in [6.45, 7) is 5.12. The maximum Gasteiger partial charge on any atom is 0.421 e. The number of nitrogens with two attached hydrogens (primary N) is 1. The molecule has 2 aromatic rings. The highest BCUT2D eigenvalue weighted by atomic mass is 35.5. The summed E-state index contributed by atoms with van der Waals surface area (Å²) in [6, 6.07) is 4.72. The second kappa shape index (κ2) is 6.67. The van der Waals surface area contributed by atoms with Crippen LogP contribution >= 0.6 is 11.6 Å². The molecular formula is C15H14ClN7O2. The third-order valence-corrected chi connectivity index (χ3v) is 3.21. The number of anilines is 2. The van der Waals surface area contributed by atoms with Gasteiger partial charge in [-0.25, -0.2) is 14.3 Å². The van der Waals surface area contributed by atoms with Gasteiger partial charge in [0.2, 0.25) is 5.71 Å². The van der Waals surface area contributed by atoms with Crippen molar-refractivity contribution < 1.29 is 9.53 Å². The van der Waals surface area contributed by atoms with Gasteiger partial charge >= 0.3 is 6.09 Å². The first-order valence-corrected chi connectivity index (χ1v) is 7.38. The largest absolute Gasteiger partial charge is 0.443 e. The highest BCUT2D eigenvalue weighted by Gasteiger charge is 2.26. The number of halogens is 1. The van der Waals surface area contributed by atoms with Crippen molar-refractivity contribution in [3.63, 3.8) is 0 Å². The summed E-state index contributed by atoms with van der Waals surface area (Å²) in [5.41, 5.74) is 7.50. The van der Waals surface area contributed by atoms with E-state index in [-0.39, 0.29) is 16.5 Å². The number of nitrogens with zero attached hydrogens (tertiary/aromatic N) is 5. The number of pyridine rings is 1. The summed E-state index contributed by atoms with van der Waals surface area (Å²) in [7, 11) is 0. The molecular weight excluding hydrogens is 346 g/mol. The quantitative estimate of drug-likeness (QED) is 0.619. The summed E-state index contributed by atoms with van der Waals surface area (Å²) in [6.07, 6.45) is 0.609. The summed E-state index contributed by atoms with van der Waals surface area (Å²) in [5.74, 6) is 0.00650. The van der Waals surface area contributed by atoms with Crippen molar-refractivity contribution >= 4 is 45.9 Å². The first kappa shape index (κ1) is 18.0. The Hall–Kier alpha value is -3.30. The molecule has 0 saturated heterocycles. The van der Waals surface area contributed by atoms with Crippen LogP contribution in [0.15, 0.2) is 17.4 Å². The molecule has 0 spiro atoms. The molecule has 9 nitrogen and oxygen atoms in total. The highest BCUT2D eigenvalue weighted by Crippen LogP contribution is 2.35. The number of carbonyl (C=O) groups excluding carboxylic acids is 1. The molecule has 2 aromatic heterocycles. The molecule has 0 amide bonds. The van der Waals surface area contributed by atoms with E-state index in [2.05, 4.69) is 15.5 Å². The molecule has 0 unspecified atom stereocenters. The van der Waals surface area contributed by atoms with Gasteiger partial charge in [-0.3, -0.25) is 5.43 Å². The van der Waals surface area contributed by atoms with Crippen LogP contribution in [0.2, 0.25) is 5.02 Å². The van der Waals surface area contributed by atoms with E-state index in [1.807, 2.05) is 0 Å². The van der Waals surface area contributed by atoms with Gasteiger partial charge in [0.15, 0.2) is 11.5 Å². The molecule has 0 saturated carbocycles. The second-order valence-corrected chi connectivity index (χ2v) is 6.29. The molecule has 0 aliphatic heterocycles. The Bertz CT molecular complexity index is 941. The van der Waals surface area contributed by atoms with Gasteiger partial charge in [-0.2, -0.15) is 15.6 Å². The number of ether oxygens (including phenoxy) is 1. The smallest absolute Gasteiger partial charge is 0.421 e. The Morgan fingerprint density at radius 3 is 2.64 bits per heavy atom. The lowest BCUT2D eigenvalue weighted by atomic mass is 10.2. The van der Waals surface area contributed by atoms with Crippen LogP contribution in [-0.4, -0.2) is 27.0 Å². The second-order valence-electron chi connectivity index (χ2n) is 5.91. The van der Waals surface area contributed by atoms with Crippen molar-refractivity contribution in [3.8, 4) is 12.1 Å². The van der Waals surface area contributed by atoms with Gasteiger partial charge in [0.1, 0.15) is 17.7 Å². The van der Waals surface area contributed by atoms with Crippen LogP contribution in [0, 0.1) is 22.7 Å². The summed E-state index contributed by atoms with van der Waals surface area (Å²) in [4.78, 5) is 16.7. The van der Waals surface area contributed by atoms with E-state index in [1.54, 1.807) is 32.9 Å². The van der Waals surface area contributed by atoms with Crippen LogP contribution in [-0.2, 0) is 4.74 Å². The van der Waals surface area contributed by atoms with Crippen molar-refractivity contribution in [3.05, 3.63) is 17.3 Å². The molecule has 3 N–H and O–H groups in total. The van der Waals surface area contributed by atoms with Gasteiger partial charge in [0, 0.05) is 5.39 Å². The average Bonchev–Trinajstić information content (AvgIpc) is 2.79. The minimum atomic E-state index is -0.765. The number of nitrogens with one attached hydrogen (secondary N) is 1. The minimum absolute atomic E-state index is 0.00650. The predicted octanol–water partition coefficient (Wildman–Crippen LogP) is 2.87. The molecule has 0 aliphatic rings. The van der Waals surface area contributed by atoms with Crippen molar-refractivity contribution in [1.82, 2.24) is 9.55 Å². The molecule has 10 heteroatoms. The summed E-state index contributed by atoms with van der Waals surface area (Å²) >= 11 is 6.30. The molecule has 25 heavy (non-hydrogen) atoms. The molecule has 2 rings (SSSR count). The first-order valence-electron chi connectivity index (χ1n) is 7.00. The van der Waals surface area contributed by atoms with Crippen molar-refractivity contribution in [1.29, 1.82) is 10.5 Å². The zero-order chi connectivity index (χ0) is 18.8. The van der Waals surface area contributed by atoms with E-state index in [9.17, 15) is 4.79 Å². The van der Waals surface area contributed by atoms with E-state index in [0.717, 1.165) is 4.57 Å². The number of nitrogen functional groups attached to an aromatic ring is 1. The third kappa shape index (κ3) is 3.79. The van der Waals surface area contributed by atoms with Crippen molar-refractivity contribution in [2.45, 2.75) is 26.4 Å². The maximum atomic E-state index is 12.6. The average molecular weight is 360 g/mol. The van der Waals surface area contributed by atoms with Crippen LogP contribution in [0.1, 0.15) is 20.8 Å². The molecule has 2 heterocycles. The molecule has 0 radical (unpaired) electrons. The van der Waals surface area contributed by atoms with Crippen molar-refractivity contribution in [2.24, 2.45) is 5.10 Å². The van der Waals surface area contributed by atoms with Gasteiger partial charge in [-0.15, -0.1) is 0 Å². The number of hydrogen-bond donors (Lipinski definition) is 2. The predicted molar refractivity (Wildman–Crippen MR) is 93.1 cm³/mol.